The summed E-state index contributed by atoms with van der Waals surface area (Å²) in [6.45, 7) is 4.65. The first-order chi connectivity index (χ1) is 8.58. The molecule has 96 valence electrons. The summed E-state index contributed by atoms with van der Waals surface area (Å²) in [7, 11) is 0. The number of rotatable bonds is 2. The molecule has 1 fully saturated rings. The quantitative estimate of drug-likeness (QED) is 0.843. The number of hydrogen-bond acceptors (Lipinski definition) is 3. The maximum absolute atomic E-state index is 6.33. The van der Waals surface area contributed by atoms with Crippen molar-refractivity contribution in [3.05, 3.63) is 22.7 Å². The molecule has 1 saturated carbocycles. The van der Waals surface area contributed by atoms with Crippen molar-refractivity contribution in [3.63, 3.8) is 0 Å². The number of thiazole rings is 1. The van der Waals surface area contributed by atoms with Gasteiger partial charge in [-0.1, -0.05) is 31.9 Å². The zero-order valence-electron chi connectivity index (χ0n) is 10.7. The van der Waals surface area contributed by atoms with Gasteiger partial charge in [0.25, 0.3) is 0 Å². The van der Waals surface area contributed by atoms with Crippen molar-refractivity contribution in [2.45, 2.75) is 39.2 Å². The molecule has 0 aliphatic heterocycles. The third-order valence-electron chi connectivity index (χ3n) is 4.03. The van der Waals surface area contributed by atoms with Crippen LogP contribution in [0.4, 0.5) is 5.69 Å². The van der Waals surface area contributed by atoms with E-state index in [9.17, 15) is 0 Å². The predicted octanol–water partition coefficient (Wildman–Crippen LogP) is 4.94. The van der Waals surface area contributed by atoms with Crippen LogP contribution in [-0.2, 0) is 0 Å². The van der Waals surface area contributed by atoms with E-state index in [1.54, 1.807) is 11.3 Å². The molecule has 1 aromatic carbocycles. The fourth-order valence-corrected chi connectivity index (χ4v) is 3.70. The highest BCUT2D eigenvalue weighted by molar-refractivity contribution is 7.16. The summed E-state index contributed by atoms with van der Waals surface area (Å²) in [5, 5.41) is 4.41. The van der Waals surface area contributed by atoms with Crippen LogP contribution in [-0.4, -0.2) is 11.0 Å². The van der Waals surface area contributed by atoms with Gasteiger partial charge in [-0.2, -0.15) is 0 Å². The minimum Gasteiger partial charge on any atom is -0.379 e. The normalized spacial score (nSPS) is 22.5. The number of nitrogens with one attached hydrogen (secondary N) is 1. The molecule has 3 rings (SSSR count). The van der Waals surface area contributed by atoms with Gasteiger partial charge in [0.1, 0.15) is 5.52 Å². The van der Waals surface area contributed by atoms with Gasteiger partial charge < -0.3 is 5.32 Å². The molecule has 0 saturated heterocycles. The Morgan fingerprint density at radius 1 is 1.44 bits per heavy atom. The van der Waals surface area contributed by atoms with Crippen molar-refractivity contribution in [1.29, 1.82) is 0 Å². The summed E-state index contributed by atoms with van der Waals surface area (Å²) in [4.78, 5) is 4.44. The Morgan fingerprint density at radius 2 is 2.28 bits per heavy atom. The lowest BCUT2D eigenvalue weighted by Crippen LogP contribution is -2.31. The van der Waals surface area contributed by atoms with E-state index in [4.69, 9.17) is 11.6 Å². The van der Waals surface area contributed by atoms with Crippen molar-refractivity contribution < 1.29 is 0 Å². The fourth-order valence-electron chi connectivity index (χ4n) is 2.81. The van der Waals surface area contributed by atoms with Crippen LogP contribution >= 0.6 is 22.9 Å². The molecule has 1 N–H and O–H groups in total. The van der Waals surface area contributed by atoms with Gasteiger partial charge in [0.15, 0.2) is 0 Å². The van der Waals surface area contributed by atoms with Gasteiger partial charge >= 0.3 is 0 Å². The van der Waals surface area contributed by atoms with E-state index in [0.29, 0.717) is 11.5 Å². The third kappa shape index (κ3) is 1.99. The molecular formula is C14H17ClN2S. The molecule has 2 nitrogen and oxygen atoms in total. The Morgan fingerprint density at radius 3 is 3.00 bits per heavy atom. The standard InChI is InChI=1S/C14H17ClN2S/c1-14(2)7-3-4-11(14)17-12-9(15)5-6-10-13(12)16-8-18-10/h5-6,8,11,17H,3-4,7H2,1-2H3. The van der Waals surface area contributed by atoms with E-state index in [1.165, 1.54) is 24.0 Å². The van der Waals surface area contributed by atoms with Crippen LogP contribution in [0.15, 0.2) is 17.6 Å². The van der Waals surface area contributed by atoms with Crippen LogP contribution in [0.3, 0.4) is 0 Å². The van der Waals surface area contributed by atoms with Gasteiger partial charge in [-0.05, 0) is 30.4 Å². The van der Waals surface area contributed by atoms with Crippen molar-refractivity contribution in [2.75, 3.05) is 5.32 Å². The average Bonchev–Trinajstić information content (AvgIpc) is 2.89. The van der Waals surface area contributed by atoms with Crippen LogP contribution in [0.5, 0.6) is 0 Å². The number of anilines is 1. The maximum atomic E-state index is 6.33. The molecule has 18 heavy (non-hydrogen) atoms. The van der Waals surface area contributed by atoms with E-state index in [0.717, 1.165) is 16.2 Å². The summed E-state index contributed by atoms with van der Waals surface area (Å²) in [6.07, 6.45) is 3.77. The molecule has 1 heterocycles. The molecule has 1 aliphatic rings. The van der Waals surface area contributed by atoms with Gasteiger partial charge in [0.2, 0.25) is 0 Å². The number of aromatic nitrogens is 1. The first-order valence-corrected chi connectivity index (χ1v) is 7.62. The number of nitrogens with zero attached hydrogens (tertiary/aromatic N) is 1. The molecule has 0 amide bonds. The summed E-state index contributed by atoms with van der Waals surface area (Å²) < 4.78 is 1.19. The Balaban J connectivity index is 1.99. The molecule has 1 aromatic heterocycles. The second-order valence-electron chi connectivity index (χ2n) is 5.70. The van der Waals surface area contributed by atoms with E-state index in [2.05, 4.69) is 24.1 Å². The monoisotopic (exact) mass is 280 g/mol. The van der Waals surface area contributed by atoms with E-state index >= 15 is 0 Å². The second-order valence-corrected chi connectivity index (χ2v) is 6.99. The predicted molar refractivity (Wildman–Crippen MR) is 79.7 cm³/mol. The summed E-state index contributed by atoms with van der Waals surface area (Å²) in [6, 6.07) is 4.49. The molecule has 0 spiro atoms. The number of halogens is 1. The lowest BCUT2D eigenvalue weighted by Gasteiger charge is -2.29. The van der Waals surface area contributed by atoms with Gasteiger partial charge in [-0.3, -0.25) is 0 Å². The highest BCUT2D eigenvalue weighted by Gasteiger charge is 2.34. The zero-order valence-corrected chi connectivity index (χ0v) is 12.2. The summed E-state index contributed by atoms with van der Waals surface area (Å²) in [5.41, 5.74) is 4.23. The first kappa shape index (κ1) is 12.2. The fraction of sp³-hybridized carbons (Fsp3) is 0.500. The Bertz CT molecular complexity index is 576. The van der Waals surface area contributed by atoms with Crippen LogP contribution in [0.25, 0.3) is 10.2 Å². The van der Waals surface area contributed by atoms with E-state index in [1.807, 2.05) is 17.6 Å². The molecule has 4 heteroatoms. The number of fused-ring (bicyclic) bond motifs is 1. The summed E-state index contributed by atoms with van der Waals surface area (Å²) >= 11 is 7.99. The van der Waals surface area contributed by atoms with Crippen LogP contribution in [0.2, 0.25) is 5.02 Å². The minimum absolute atomic E-state index is 0.335. The van der Waals surface area contributed by atoms with Gasteiger partial charge in [-0.25, -0.2) is 4.98 Å². The van der Waals surface area contributed by atoms with Crippen molar-refractivity contribution in [3.8, 4) is 0 Å². The smallest absolute Gasteiger partial charge is 0.106 e. The highest BCUT2D eigenvalue weighted by Crippen LogP contribution is 2.41. The average molecular weight is 281 g/mol. The van der Waals surface area contributed by atoms with Crippen molar-refractivity contribution in [2.24, 2.45) is 5.41 Å². The van der Waals surface area contributed by atoms with Gasteiger partial charge in [-0.15, -0.1) is 11.3 Å². The largest absolute Gasteiger partial charge is 0.379 e. The van der Waals surface area contributed by atoms with Crippen molar-refractivity contribution in [1.82, 2.24) is 4.98 Å². The van der Waals surface area contributed by atoms with Crippen LogP contribution in [0, 0.1) is 5.41 Å². The van der Waals surface area contributed by atoms with Gasteiger partial charge in [0, 0.05) is 6.04 Å². The molecular weight excluding hydrogens is 264 g/mol. The van der Waals surface area contributed by atoms with Crippen LogP contribution in [0.1, 0.15) is 33.1 Å². The molecule has 2 aromatic rings. The SMILES string of the molecule is CC1(C)CCCC1Nc1c(Cl)ccc2scnc12. The second kappa shape index (κ2) is 4.39. The maximum Gasteiger partial charge on any atom is 0.106 e. The zero-order chi connectivity index (χ0) is 12.8. The van der Waals surface area contributed by atoms with E-state index in [-0.39, 0.29) is 0 Å². The first-order valence-electron chi connectivity index (χ1n) is 6.36. The Hall–Kier alpha value is -0.800. The Kier molecular flexibility index (Phi) is 2.99. The molecule has 0 bridgehead atoms. The minimum atomic E-state index is 0.335. The summed E-state index contributed by atoms with van der Waals surface area (Å²) in [5.74, 6) is 0. The lowest BCUT2D eigenvalue weighted by molar-refractivity contribution is 0.350. The lowest BCUT2D eigenvalue weighted by atomic mass is 9.87. The third-order valence-corrected chi connectivity index (χ3v) is 5.14. The van der Waals surface area contributed by atoms with Gasteiger partial charge in [0.05, 0.1) is 20.9 Å². The topological polar surface area (TPSA) is 24.9 Å². The molecule has 0 radical (unpaired) electrons. The van der Waals surface area contributed by atoms with Crippen LogP contribution < -0.4 is 5.32 Å². The number of benzene rings is 1. The molecule has 1 atom stereocenters. The number of hydrogen-bond donors (Lipinski definition) is 1. The highest BCUT2D eigenvalue weighted by atomic mass is 35.5. The molecule has 1 unspecified atom stereocenters. The Labute approximate surface area is 116 Å². The molecule has 1 aliphatic carbocycles. The van der Waals surface area contributed by atoms with Crippen molar-refractivity contribution >= 4 is 38.8 Å². The van der Waals surface area contributed by atoms with E-state index < -0.39 is 0 Å².